The summed E-state index contributed by atoms with van der Waals surface area (Å²) < 4.78 is 27.9. The number of pyridine rings is 1. The molecule has 0 aliphatic carbocycles. The Hall–Kier alpha value is -1.56. The Morgan fingerprint density at radius 2 is 2.10 bits per heavy atom. The van der Waals surface area contributed by atoms with Gasteiger partial charge in [0.15, 0.2) is 5.78 Å². The second-order valence-corrected chi connectivity index (χ2v) is 6.01. The number of aromatic nitrogens is 1. The van der Waals surface area contributed by atoms with Gasteiger partial charge in [-0.05, 0) is 29.3 Å². The van der Waals surface area contributed by atoms with Gasteiger partial charge in [-0.25, -0.2) is 13.8 Å². The number of Topliss-reactive ketones (excluding diaryl/α,β-unsaturated/α-hetero) is 1. The van der Waals surface area contributed by atoms with E-state index in [-0.39, 0.29) is 16.7 Å². The normalized spacial score (nSPS) is 15.8. The molecule has 6 heteroatoms. The lowest BCUT2D eigenvalue weighted by Crippen LogP contribution is -2.36. The molecule has 0 amide bonds. The first-order valence-electron chi connectivity index (χ1n) is 6.69. The minimum absolute atomic E-state index is 0.157. The minimum atomic E-state index is -0.663. The molecule has 1 fully saturated rings. The highest BCUT2D eigenvalue weighted by atomic mass is 79.9. The summed E-state index contributed by atoms with van der Waals surface area (Å²) in [6.07, 6.45) is 1.35. The molecule has 1 aromatic heterocycles. The van der Waals surface area contributed by atoms with Crippen LogP contribution >= 0.6 is 15.9 Å². The lowest BCUT2D eigenvalue weighted by molar-refractivity contribution is -0.118. The van der Waals surface area contributed by atoms with Crippen LogP contribution in [0.5, 0.6) is 0 Å². The standard InChI is InChI=1S/C15H13BrF2N2O/c1-8-14(16)13-11(18)5-9(17)6-12(13)19-15(8)20-4-2-3-10(21)7-20/h5-6H,2-4,7H2,1H3. The Morgan fingerprint density at radius 3 is 2.81 bits per heavy atom. The third-order valence-corrected chi connectivity index (χ3v) is 4.69. The van der Waals surface area contributed by atoms with Crippen molar-refractivity contribution >= 4 is 38.4 Å². The Kier molecular flexibility index (Phi) is 3.65. The molecule has 0 atom stereocenters. The second kappa shape index (κ2) is 5.33. The number of piperidine rings is 1. The molecular weight excluding hydrogens is 342 g/mol. The zero-order chi connectivity index (χ0) is 15.1. The van der Waals surface area contributed by atoms with Gasteiger partial charge in [0.05, 0.1) is 17.4 Å². The molecule has 3 rings (SSSR count). The Balaban J connectivity index is 2.20. The maximum atomic E-state index is 13.9. The molecule has 110 valence electrons. The minimum Gasteiger partial charge on any atom is -0.349 e. The number of carbonyl (C=O) groups excluding carboxylic acids is 1. The molecule has 1 saturated heterocycles. The van der Waals surface area contributed by atoms with Gasteiger partial charge in [0.2, 0.25) is 0 Å². The van der Waals surface area contributed by atoms with Gasteiger partial charge < -0.3 is 4.90 Å². The molecule has 0 spiro atoms. The molecule has 1 aliphatic heterocycles. The predicted molar refractivity (Wildman–Crippen MR) is 80.6 cm³/mol. The van der Waals surface area contributed by atoms with Crippen molar-refractivity contribution in [2.45, 2.75) is 19.8 Å². The molecule has 0 radical (unpaired) electrons. The van der Waals surface area contributed by atoms with Crippen LogP contribution in [0.25, 0.3) is 10.9 Å². The number of anilines is 1. The van der Waals surface area contributed by atoms with Crippen LogP contribution < -0.4 is 4.90 Å². The van der Waals surface area contributed by atoms with Crippen LogP contribution in [-0.4, -0.2) is 23.9 Å². The smallest absolute Gasteiger partial charge is 0.152 e. The van der Waals surface area contributed by atoms with E-state index >= 15 is 0 Å². The first kappa shape index (κ1) is 14.4. The van der Waals surface area contributed by atoms with Gasteiger partial charge in [-0.2, -0.15) is 0 Å². The SMILES string of the molecule is Cc1c(N2CCCC(=O)C2)nc2cc(F)cc(F)c2c1Br. The first-order valence-corrected chi connectivity index (χ1v) is 7.48. The first-order chi connectivity index (χ1) is 9.97. The van der Waals surface area contributed by atoms with E-state index in [0.717, 1.165) is 24.6 Å². The molecule has 0 saturated carbocycles. The monoisotopic (exact) mass is 354 g/mol. The van der Waals surface area contributed by atoms with E-state index in [1.54, 1.807) is 0 Å². The summed E-state index contributed by atoms with van der Waals surface area (Å²) in [6, 6.07) is 2.05. The number of nitrogens with zero attached hydrogens (tertiary/aromatic N) is 2. The molecule has 1 aromatic carbocycles. The van der Waals surface area contributed by atoms with Crippen LogP contribution in [0, 0.1) is 18.6 Å². The fourth-order valence-corrected chi connectivity index (χ4v) is 3.25. The van der Waals surface area contributed by atoms with Crippen LogP contribution in [0.2, 0.25) is 0 Å². The van der Waals surface area contributed by atoms with Gasteiger partial charge in [0, 0.05) is 35.1 Å². The highest BCUT2D eigenvalue weighted by molar-refractivity contribution is 9.10. The molecule has 1 aliphatic rings. The number of ketones is 1. The quantitative estimate of drug-likeness (QED) is 0.781. The molecule has 2 aromatic rings. The van der Waals surface area contributed by atoms with Crippen molar-refractivity contribution in [3.63, 3.8) is 0 Å². The van der Waals surface area contributed by atoms with Gasteiger partial charge in [0.25, 0.3) is 0 Å². The summed E-state index contributed by atoms with van der Waals surface area (Å²) in [6.45, 7) is 2.83. The third kappa shape index (κ3) is 2.52. The van der Waals surface area contributed by atoms with Crippen molar-refractivity contribution < 1.29 is 13.6 Å². The predicted octanol–water partition coefficient (Wildman–Crippen LogP) is 3.75. The average Bonchev–Trinajstić information content (AvgIpc) is 2.42. The second-order valence-electron chi connectivity index (χ2n) is 5.22. The van der Waals surface area contributed by atoms with Crippen molar-refractivity contribution in [3.8, 4) is 0 Å². The van der Waals surface area contributed by atoms with E-state index in [0.29, 0.717) is 23.3 Å². The van der Waals surface area contributed by atoms with Gasteiger partial charge in [-0.3, -0.25) is 4.79 Å². The summed E-state index contributed by atoms with van der Waals surface area (Å²) in [5.74, 6) is -0.547. The lowest BCUT2D eigenvalue weighted by Gasteiger charge is -2.28. The van der Waals surface area contributed by atoms with Gasteiger partial charge >= 0.3 is 0 Å². The summed E-state index contributed by atoms with van der Waals surface area (Å²) in [5.41, 5.74) is 1.00. The molecule has 0 N–H and O–H groups in total. The van der Waals surface area contributed by atoms with E-state index in [4.69, 9.17) is 0 Å². The maximum absolute atomic E-state index is 13.9. The fraction of sp³-hybridized carbons (Fsp3) is 0.333. The summed E-state index contributed by atoms with van der Waals surface area (Å²) in [7, 11) is 0. The number of benzene rings is 1. The Bertz CT molecular complexity index is 748. The zero-order valence-electron chi connectivity index (χ0n) is 11.4. The Labute approximate surface area is 129 Å². The van der Waals surface area contributed by atoms with E-state index < -0.39 is 11.6 Å². The molecule has 3 nitrogen and oxygen atoms in total. The van der Waals surface area contributed by atoms with Crippen LogP contribution in [0.1, 0.15) is 18.4 Å². The zero-order valence-corrected chi connectivity index (χ0v) is 13.0. The van der Waals surface area contributed by atoms with Gasteiger partial charge in [-0.1, -0.05) is 0 Å². The summed E-state index contributed by atoms with van der Waals surface area (Å²) in [5, 5.41) is 0.265. The fourth-order valence-electron chi connectivity index (χ4n) is 2.68. The largest absolute Gasteiger partial charge is 0.349 e. The summed E-state index contributed by atoms with van der Waals surface area (Å²) in [4.78, 5) is 17.9. The van der Waals surface area contributed by atoms with Crippen LogP contribution in [0.4, 0.5) is 14.6 Å². The van der Waals surface area contributed by atoms with Gasteiger partial charge in [-0.15, -0.1) is 0 Å². The van der Waals surface area contributed by atoms with Crippen LogP contribution in [0.3, 0.4) is 0 Å². The van der Waals surface area contributed by atoms with Crippen LogP contribution in [-0.2, 0) is 4.79 Å². The van der Waals surface area contributed by atoms with Crippen LogP contribution in [0.15, 0.2) is 16.6 Å². The van der Waals surface area contributed by atoms with Crippen molar-refractivity contribution in [3.05, 3.63) is 33.8 Å². The molecule has 0 unspecified atom stereocenters. The summed E-state index contributed by atoms with van der Waals surface area (Å²) >= 11 is 3.37. The lowest BCUT2D eigenvalue weighted by atomic mass is 10.1. The molecular formula is C15H13BrF2N2O. The molecule has 2 heterocycles. The van der Waals surface area contributed by atoms with Crippen molar-refractivity contribution in [2.75, 3.05) is 18.0 Å². The third-order valence-electron chi connectivity index (χ3n) is 3.70. The molecule has 21 heavy (non-hydrogen) atoms. The Morgan fingerprint density at radius 1 is 1.33 bits per heavy atom. The average molecular weight is 355 g/mol. The number of fused-ring (bicyclic) bond motifs is 1. The maximum Gasteiger partial charge on any atom is 0.152 e. The topological polar surface area (TPSA) is 33.2 Å². The number of hydrogen-bond donors (Lipinski definition) is 0. The number of halogens is 3. The van der Waals surface area contributed by atoms with E-state index in [1.807, 2.05) is 11.8 Å². The highest BCUT2D eigenvalue weighted by Crippen LogP contribution is 2.35. The van der Waals surface area contributed by atoms with Crippen molar-refractivity contribution in [2.24, 2.45) is 0 Å². The van der Waals surface area contributed by atoms with E-state index in [1.165, 1.54) is 6.07 Å². The number of carbonyl (C=O) groups is 1. The van der Waals surface area contributed by atoms with E-state index in [9.17, 15) is 13.6 Å². The number of hydrogen-bond acceptors (Lipinski definition) is 3. The van der Waals surface area contributed by atoms with E-state index in [2.05, 4.69) is 20.9 Å². The van der Waals surface area contributed by atoms with Crippen molar-refractivity contribution in [1.82, 2.24) is 4.98 Å². The van der Waals surface area contributed by atoms with Crippen molar-refractivity contribution in [1.29, 1.82) is 0 Å². The number of rotatable bonds is 1. The van der Waals surface area contributed by atoms with Gasteiger partial charge in [0.1, 0.15) is 17.5 Å². The molecule has 0 bridgehead atoms. The highest BCUT2D eigenvalue weighted by Gasteiger charge is 2.22.